The Balaban J connectivity index is 0.00000161. The number of rotatable bonds is 2. The summed E-state index contributed by atoms with van der Waals surface area (Å²) in [6.07, 6.45) is 1.59. The van der Waals surface area contributed by atoms with E-state index in [1.165, 1.54) is 17.7 Å². The van der Waals surface area contributed by atoms with Crippen LogP contribution in [0, 0.1) is 6.92 Å². The minimum Gasteiger partial charge on any atom is -0.368 e. The van der Waals surface area contributed by atoms with Crippen LogP contribution in [0.5, 0.6) is 0 Å². The number of nitrogens with zero attached hydrogens (tertiary/aromatic N) is 2. The Kier molecular flexibility index (Phi) is 3.12. The van der Waals surface area contributed by atoms with Crippen molar-refractivity contribution in [3.8, 4) is 0 Å². The molecule has 0 bridgehead atoms. The van der Waals surface area contributed by atoms with E-state index < -0.39 is 0 Å². The van der Waals surface area contributed by atoms with Crippen LogP contribution in [0.3, 0.4) is 0 Å². The summed E-state index contributed by atoms with van der Waals surface area (Å²) >= 11 is 0. The molecule has 5 nitrogen and oxygen atoms in total. The van der Waals surface area contributed by atoms with E-state index in [1.54, 1.807) is 4.90 Å². The number of carbonyl (C=O) groups excluding carboxylic acids is 2. The number of aryl methyl sites for hydroxylation is 1. The first kappa shape index (κ1) is 13.0. The van der Waals surface area contributed by atoms with Crippen LogP contribution < -0.4 is 15.1 Å². The van der Waals surface area contributed by atoms with Gasteiger partial charge in [0.1, 0.15) is 0 Å². The van der Waals surface area contributed by atoms with Crippen molar-refractivity contribution in [2.24, 2.45) is 0 Å². The molecule has 2 heterocycles. The summed E-state index contributed by atoms with van der Waals surface area (Å²) in [6, 6.07) is 6.32. The molecule has 5 heteroatoms. The average Bonchev–Trinajstić information content (AvgIpc) is 2.39. The fourth-order valence-electron chi connectivity index (χ4n) is 2.81. The van der Waals surface area contributed by atoms with Crippen molar-refractivity contribution in [1.29, 1.82) is 0 Å². The summed E-state index contributed by atoms with van der Waals surface area (Å²) in [6.45, 7) is 5.83. The molecule has 0 saturated carbocycles. The Labute approximate surface area is 120 Å². The van der Waals surface area contributed by atoms with E-state index in [2.05, 4.69) is 30.1 Å². The van der Waals surface area contributed by atoms with E-state index in [-0.39, 0.29) is 13.4 Å². The molecular weight excluding hydrogens is 254 g/mol. The standard InChI is InChI=1S/C15H19N3O2.H2/c1-10-9-12(18-8-6-14(19)16-15(18)20)3-4-13(10)17-7-5-11(17)2;/h3-4,9,11H,5-8H2,1-2H3,(H,16,19,20);1H/t11-;/m1./s1. The first-order valence-electron chi connectivity index (χ1n) is 7.05. The SMILES string of the molecule is Cc1cc(N2CCC(=O)NC2=O)ccc1N1CC[C@H]1C.[HH]. The van der Waals surface area contributed by atoms with Gasteiger partial charge in [-0.15, -0.1) is 0 Å². The summed E-state index contributed by atoms with van der Waals surface area (Å²) in [5, 5.41) is 2.35. The highest BCUT2D eigenvalue weighted by molar-refractivity contribution is 6.05. The molecule has 0 aromatic heterocycles. The van der Waals surface area contributed by atoms with Crippen LogP contribution in [0.4, 0.5) is 16.2 Å². The molecular formula is C15H21N3O2. The lowest BCUT2D eigenvalue weighted by Crippen LogP contribution is -2.49. The highest BCUT2D eigenvalue weighted by Crippen LogP contribution is 2.32. The molecule has 2 saturated heterocycles. The zero-order valence-electron chi connectivity index (χ0n) is 11.8. The molecule has 1 aromatic rings. The lowest BCUT2D eigenvalue weighted by atomic mass is 10.0. The van der Waals surface area contributed by atoms with Gasteiger partial charge in [-0.3, -0.25) is 15.0 Å². The molecule has 3 rings (SSSR count). The summed E-state index contributed by atoms with van der Waals surface area (Å²) < 4.78 is 0. The van der Waals surface area contributed by atoms with E-state index in [0.717, 1.165) is 12.2 Å². The zero-order chi connectivity index (χ0) is 14.3. The maximum absolute atomic E-state index is 11.8. The van der Waals surface area contributed by atoms with Crippen LogP contribution in [0.15, 0.2) is 18.2 Å². The Morgan fingerprint density at radius 2 is 2.10 bits per heavy atom. The molecule has 1 atom stereocenters. The van der Waals surface area contributed by atoms with Crippen LogP contribution in [0.1, 0.15) is 26.8 Å². The molecule has 0 unspecified atom stereocenters. The number of hydrogen-bond acceptors (Lipinski definition) is 3. The summed E-state index contributed by atoms with van der Waals surface area (Å²) in [5.41, 5.74) is 3.25. The van der Waals surface area contributed by atoms with Gasteiger partial charge in [0.05, 0.1) is 0 Å². The predicted molar refractivity (Wildman–Crippen MR) is 80.2 cm³/mol. The third-order valence-electron chi connectivity index (χ3n) is 4.18. The maximum Gasteiger partial charge on any atom is 0.328 e. The lowest BCUT2D eigenvalue weighted by molar-refractivity contribution is -0.120. The molecule has 0 spiro atoms. The average molecular weight is 275 g/mol. The second-order valence-electron chi connectivity index (χ2n) is 5.56. The van der Waals surface area contributed by atoms with Crippen molar-refractivity contribution in [3.05, 3.63) is 23.8 Å². The van der Waals surface area contributed by atoms with Gasteiger partial charge >= 0.3 is 6.03 Å². The van der Waals surface area contributed by atoms with E-state index in [0.29, 0.717) is 19.0 Å². The number of nitrogens with one attached hydrogen (secondary N) is 1. The number of carbonyl (C=O) groups is 2. The lowest BCUT2D eigenvalue weighted by Gasteiger charge is -2.42. The van der Waals surface area contributed by atoms with Crippen molar-refractivity contribution < 1.29 is 11.0 Å². The molecule has 1 N–H and O–H groups in total. The van der Waals surface area contributed by atoms with Gasteiger partial charge in [-0.2, -0.15) is 0 Å². The normalized spacial score (nSPS) is 22.6. The van der Waals surface area contributed by atoms with E-state index >= 15 is 0 Å². The van der Waals surface area contributed by atoms with Crippen molar-refractivity contribution in [2.45, 2.75) is 32.7 Å². The van der Waals surface area contributed by atoms with Gasteiger partial charge in [-0.25, -0.2) is 4.79 Å². The van der Waals surface area contributed by atoms with Crippen molar-refractivity contribution in [2.75, 3.05) is 22.9 Å². The number of anilines is 2. The minimum absolute atomic E-state index is 0. The van der Waals surface area contributed by atoms with E-state index in [4.69, 9.17) is 0 Å². The highest BCUT2D eigenvalue weighted by Gasteiger charge is 2.27. The van der Waals surface area contributed by atoms with Gasteiger partial charge in [0.25, 0.3) is 0 Å². The Bertz CT molecular complexity index is 576. The van der Waals surface area contributed by atoms with Gasteiger partial charge in [-0.1, -0.05) is 0 Å². The largest absolute Gasteiger partial charge is 0.368 e. The quantitative estimate of drug-likeness (QED) is 0.901. The van der Waals surface area contributed by atoms with Crippen molar-refractivity contribution in [3.63, 3.8) is 0 Å². The van der Waals surface area contributed by atoms with Crippen LogP contribution in [-0.2, 0) is 4.79 Å². The fraction of sp³-hybridized carbons (Fsp3) is 0.467. The second kappa shape index (κ2) is 4.81. The molecule has 0 aliphatic carbocycles. The number of amides is 3. The second-order valence-corrected chi connectivity index (χ2v) is 5.56. The number of benzene rings is 1. The number of imide groups is 1. The van der Waals surface area contributed by atoms with E-state index in [1.807, 2.05) is 12.1 Å². The van der Waals surface area contributed by atoms with Crippen LogP contribution in [0.25, 0.3) is 0 Å². The molecule has 2 aliphatic rings. The minimum atomic E-state index is -0.328. The van der Waals surface area contributed by atoms with Gasteiger partial charge in [0.15, 0.2) is 0 Å². The Hall–Kier alpha value is -2.04. The predicted octanol–water partition coefficient (Wildman–Crippen LogP) is 2.29. The fourth-order valence-corrected chi connectivity index (χ4v) is 2.81. The molecule has 3 amide bonds. The van der Waals surface area contributed by atoms with Crippen molar-refractivity contribution in [1.82, 2.24) is 5.32 Å². The van der Waals surface area contributed by atoms with Crippen LogP contribution in [-0.4, -0.2) is 31.1 Å². The maximum atomic E-state index is 11.8. The highest BCUT2D eigenvalue weighted by atomic mass is 16.2. The van der Waals surface area contributed by atoms with Gasteiger partial charge in [0, 0.05) is 38.4 Å². The molecule has 0 radical (unpaired) electrons. The summed E-state index contributed by atoms with van der Waals surface area (Å²) in [4.78, 5) is 27.0. The third kappa shape index (κ3) is 2.13. The molecule has 2 aliphatic heterocycles. The van der Waals surface area contributed by atoms with Crippen LogP contribution >= 0.6 is 0 Å². The Morgan fingerprint density at radius 1 is 1.30 bits per heavy atom. The Morgan fingerprint density at radius 3 is 2.65 bits per heavy atom. The molecule has 20 heavy (non-hydrogen) atoms. The first-order chi connectivity index (χ1) is 9.56. The summed E-state index contributed by atoms with van der Waals surface area (Å²) in [5.74, 6) is -0.200. The van der Waals surface area contributed by atoms with Crippen molar-refractivity contribution >= 4 is 23.3 Å². The zero-order valence-corrected chi connectivity index (χ0v) is 11.8. The smallest absolute Gasteiger partial charge is 0.328 e. The van der Waals surface area contributed by atoms with Gasteiger partial charge in [-0.05, 0) is 44.0 Å². The molecule has 2 fully saturated rings. The number of urea groups is 1. The molecule has 108 valence electrons. The van der Waals surface area contributed by atoms with E-state index in [9.17, 15) is 9.59 Å². The van der Waals surface area contributed by atoms with Crippen LogP contribution in [0.2, 0.25) is 0 Å². The number of hydrogen-bond donors (Lipinski definition) is 1. The topological polar surface area (TPSA) is 52.7 Å². The third-order valence-corrected chi connectivity index (χ3v) is 4.18. The monoisotopic (exact) mass is 275 g/mol. The summed E-state index contributed by atoms with van der Waals surface area (Å²) in [7, 11) is 0. The first-order valence-corrected chi connectivity index (χ1v) is 7.05. The van der Waals surface area contributed by atoms with Gasteiger partial charge in [0.2, 0.25) is 5.91 Å². The molecule has 1 aromatic carbocycles. The van der Waals surface area contributed by atoms with Gasteiger partial charge < -0.3 is 4.90 Å².